The highest BCUT2D eigenvalue weighted by atomic mass is 32.1. The topological polar surface area (TPSA) is 474 Å². The van der Waals surface area contributed by atoms with Gasteiger partial charge in [0.1, 0.15) is 40.4 Å². The highest BCUT2D eigenvalue weighted by molar-refractivity contribution is 7.19. The van der Waals surface area contributed by atoms with E-state index in [4.69, 9.17) is 49.0 Å². The van der Waals surface area contributed by atoms with E-state index in [1.165, 1.54) is 65.3 Å². The molecule has 0 radical (unpaired) electrons. The lowest BCUT2D eigenvalue weighted by atomic mass is 10.2. The minimum atomic E-state index is 0.454. The fourth-order valence-electron chi connectivity index (χ4n) is 12.4. The Kier molecular flexibility index (Phi) is 26.1. The van der Waals surface area contributed by atoms with Gasteiger partial charge in [0.05, 0.1) is 55.6 Å². The fraction of sp³-hybridized carbons (Fsp3) is 0.126. The number of pyridine rings is 11. The van der Waals surface area contributed by atoms with Gasteiger partial charge >= 0.3 is 0 Å². The molecule has 0 aliphatic rings. The molecule has 28 nitrogen and oxygen atoms in total. The van der Waals surface area contributed by atoms with Crippen LogP contribution in [-0.2, 0) is 0 Å². The van der Waals surface area contributed by atoms with E-state index >= 15 is 0 Å². The SMILES string of the molecule is Cc1c[nH]c2ccncc12.Cc1c[nH]c2cnccc12.Cc1cc2ccnc(N)c2[nH]1.Cc1cc2ccnc(N)c2[nH]1.Cc1cc2ccnc(N)c2o1.Cc1cc2ccnc(N)c2s1.Cc1cc2ccncc2[nH]1.Cc1cc2cnccc2[nH]1.Cc1coc2c(N)nccc12.Cc1csc2c(N)nccc12.Cc1nc2c(N)nccc2[nH]1. The van der Waals surface area contributed by atoms with Gasteiger partial charge in [-0.05, 0) is 212 Å². The molecule has 0 unspecified atom stereocenters. The number of hydrogen-bond acceptors (Lipinski definition) is 23. The summed E-state index contributed by atoms with van der Waals surface area (Å²) in [7, 11) is 0. The standard InChI is InChI=1S/2C8H9N3.2C8H8N2O.2C8H8N2S.4C8H8N2.C7H8N4/c2*1-5-4-6-2-3-10-8(9)7(6)11-5;1-5-4-11-7-6(5)2-3-10-8(7)9;1-5-4-6-2-3-10-8(9)7(6)11-5;1-5-4-11-7-6(5)2-3-10-8(7)9;1-5-4-6-2-3-10-8(9)7(6)11-5;1-6-4-10-8-2-3-9-5-7(6)8;1-6-4-7-5-9-3-2-8(7)10-6;1-6-4-10-8-5-9-3-2-7(6)8;1-6-4-7-2-3-9-5-8(7)10-6;1-4-10-5-2-3-9-7(8)6(5)11-4/h2*2-4,11H,1H3,(H2,9,10);4*2-4H,1H3,(H2,9,10);4*2-5,10H,1H3;2-3H,1H3,(H2,8,9)(H,10,11). The molecule has 117 heavy (non-hydrogen) atoms. The number of hydrogen-bond donors (Lipinski definition) is 14. The van der Waals surface area contributed by atoms with Crippen molar-refractivity contribution < 1.29 is 8.83 Å². The van der Waals surface area contributed by atoms with Crippen LogP contribution >= 0.6 is 22.7 Å². The molecule has 0 aromatic carbocycles. The lowest BCUT2D eigenvalue weighted by molar-refractivity contribution is 0.578. The van der Waals surface area contributed by atoms with Crippen LogP contribution in [0.4, 0.5) is 40.7 Å². The third-order valence-corrected chi connectivity index (χ3v) is 20.3. The van der Waals surface area contributed by atoms with Crippen molar-refractivity contribution in [3.8, 4) is 0 Å². The summed E-state index contributed by atoms with van der Waals surface area (Å²) in [4.78, 5) is 71.2. The zero-order valence-electron chi connectivity index (χ0n) is 66.3. The number of nitrogen functional groups attached to an aromatic ring is 7. The summed E-state index contributed by atoms with van der Waals surface area (Å²) in [5, 5.41) is 13.7. The summed E-state index contributed by atoms with van der Waals surface area (Å²) in [5.41, 5.74) is 58.3. The highest BCUT2D eigenvalue weighted by Gasteiger charge is 2.09. The van der Waals surface area contributed by atoms with Crippen LogP contribution in [0, 0.1) is 76.2 Å². The van der Waals surface area contributed by atoms with E-state index in [1.54, 1.807) is 90.9 Å². The molecule has 0 saturated heterocycles. The number of aryl methyl sites for hydroxylation is 11. The Morgan fingerprint density at radius 1 is 0.333 bits per heavy atom. The largest absolute Gasteiger partial charge is 0.460 e. The molecule has 0 aliphatic carbocycles. The molecule has 0 spiro atoms. The lowest BCUT2D eigenvalue weighted by Crippen LogP contribution is -1.89. The number of aromatic nitrogens is 19. The zero-order chi connectivity index (χ0) is 82.8. The van der Waals surface area contributed by atoms with E-state index in [1.807, 2.05) is 177 Å². The number of fused-ring (bicyclic) bond motifs is 11. The van der Waals surface area contributed by atoms with Crippen molar-refractivity contribution in [2.45, 2.75) is 76.2 Å². The van der Waals surface area contributed by atoms with Gasteiger partial charge < -0.3 is 83.9 Å². The van der Waals surface area contributed by atoms with Gasteiger partial charge in [0.2, 0.25) is 0 Å². The molecule has 30 heteroatoms. The predicted molar refractivity (Wildman–Crippen MR) is 481 cm³/mol. The minimum absolute atomic E-state index is 0.454. The number of furan rings is 2. The van der Waals surface area contributed by atoms with E-state index < -0.39 is 0 Å². The van der Waals surface area contributed by atoms with Crippen LogP contribution in [0.1, 0.15) is 61.5 Å². The third kappa shape index (κ3) is 20.6. The molecule has 21 N–H and O–H groups in total. The van der Waals surface area contributed by atoms with Crippen LogP contribution in [0.3, 0.4) is 0 Å². The third-order valence-electron chi connectivity index (χ3n) is 18.0. The van der Waals surface area contributed by atoms with Gasteiger partial charge in [-0.2, -0.15) is 0 Å². The molecular weight excluding hydrogens is 1510 g/mol. The maximum atomic E-state index is 5.67. The number of nitrogens with one attached hydrogen (secondary N) is 7. The molecule has 22 rings (SSSR count). The molecule has 592 valence electrons. The van der Waals surface area contributed by atoms with E-state index in [-0.39, 0.29) is 0 Å². The maximum absolute atomic E-state index is 5.67. The van der Waals surface area contributed by atoms with Crippen molar-refractivity contribution in [2.24, 2.45) is 0 Å². The summed E-state index contributed by atoms with van der Waals surface area (Å²) >= 11 is 3.34. The van der Waals surface area contributed by atoms with Crippen LogP contribution in [0.15, 0.2) is 229 Å². The lowest BCUT2D eigenvalue weighted by Gasteiger charge is -1.93. The average molecular weight is 1600 g/mol. The monoisotopic (exact) mass is 1590 g/mol. The van der Waals surface area contributed by atoms with Gasteiger partial charge in [0.15, 0.2) is 28.6 Å². The van der Waals surface area contributed by atoms with Gasteiger partial charge in [0, 0.05) is 180 Å². The molecule has 0 fully saturated rings. The van der Waals surface area contributed by atoms with Gasteiger partial charge in [-0.15, -0.1) is 22.7 Å². The Hall–Kier alpha value is -15.0. The molecule has 0 atom stereocenters. The number of rotatable bonds is 0. The predicted octanol–water partition coefficient (Wildman–Crippen LogP) is 19.1. The van der Waals surface area contributed by atoms with Crippen molar-refractivity contribution in [1.29, 1.82) is 0 Å². The fourth-order valence-corrected chi connectivity index (χ4v) is 14.3. The number of thiophene rings is 2. The van der Waals surface area contributed by atoms with Crippen LogP contribution in [-0.4, -0.2) is 94.7 Å². The van der Waals surface area contributed by atoms with Gasteiger partial charge in [-0.25, -0.2) is 39.9 Å². The summed E-state index contributed by atoms with van der Waals surface area (Å²) < 4.78 is 12.7. The molecule has 22 aromatic rings. The van der Waals surface area contributed by atoms with E-state index in [9.17, 15) is 0 Å². The van der Waals surface area contributed by atoms with Crippen LogP contribution in [0.2, 0.25) is 0 Å². The van der Waals surface area contributed by atoms with Crippen LogP contribution in [0.5, 0.6) is 0 Å². The summed E-state index contributed by atoms with van der Waals surface area (Å²) in [5.74, 6) is 5.52. The first-order valence-corrected chi connectivity index (χ1v) is 38.5. The average Bonchev–Trinajstić information content (AvgIpc) is 1.67. The molecule has 0 amide bonds. The first kappa shape index (κ1) is 81.4. The number of H-pyrrole nitrogens is 7. The first-order chi connectivity index (χ1) is 56.4. The number of anilines is 7. The summed E-state index contributed by atoms with van der Waals surface area (Å²) in [6, 6.07) is 33.8. The highest BCUT2D eigenvalue weighted by Crippen LogP contribution is 2.31. The summed E-state index contributed by atoms with van der Waals surface area (Å²) in [6.45, 7) is 22.1. The molecule has 22 heterocycles. The second-order valence-electron chi connectivity index (χ2n) is 27.2. The molecule has 22 aromatic heterocycles. The van der Waals surface area contributed by atoms with E-state index in [2.05, 4.69) is 146 Å². The number of nitrogens with two attached hydrogens (primary N) is 7. The van der Waals surface area contributed by atoms with Crippen molar-refractivity contribution in [3.63, 3.8) is 0 Å². The smallest absolute Gasteiger partial charge is 0.176 e. The number of aromatic amines is 7. The maximum Gasteiger partial charge on any atom is 0.176 e. The molecule has 0 bridgehead atoms. The molecule has 0 aliphatic heterocycles. The second kappa shape index (κ2) is 37.5. The Bertz CT molecular complexity index is 6230. The van der Waals surface area contributed by atoms with Gasteiger partial charge in [-0.1, -0.05) is 0 Å². The van der Waals surface area contributed by atoms with Crippen molar-refractivity contribution in [1.82, 2.24) is 94.7 Å². The Labute approximate surface area is 679 Å². The molecule has 0 saturated carbocycles. The number of nitrogens with zero attached hydrogens (tertiary/aromatic N) is 12. The van der Waals surface area contributed by atoms with E-state index in [0.29, 0.717) is 51.9 Å². The first-order valence-electron chi connectivity index (χ1n) is 36.8. The second-order valence-corrected chi connectivity index (χ2v) is 29.3. The van der Waals surface area contributed by atoms with Crippen LogP contribution in [0.25, 0.3) is 119 Å². The van der Waals surface area contributed by atoms with Gasteiger partial charge in [-0.3, -0.25) is 19.9 Å². The van der Waals surface area contributed by atoms with Crippen LogP contribution < -0.4 is 40.1 Å². The Morgan fingerprint density at radius 3 is 1.42 bits per heavy atom. The zero-order valence-corrected chi connectivity index (χ0v) is 68.0. The Morgan fingerprint density at radius 2 is 0.812 bits per heavy atom. The molecular formula is C87H90N26O2S2. The van der Waals surface area contributed by atoms with E-state index in [0.717, 1.165) is 104 Å². The Balaban J connectivity index is 0.000000119. The van der Waals surface area contributed by atoms with Crippen molar-refractivity contribution in [2.75, 3.05) is 40.1 Å². The van der Waals surface area contributed by atoms with Crippen molar-refractivity contribution >= 4 is 182 Å². The quantitative estimate of drug-likeness (QED) is 0.0670. The number of imidazole rings is 1. The minimum Gasteiger partial charge on any atom is -0.460 e. The van der Waals surface area contributed by atoms with Gasteiger partial charge in [0.25, 0.3) is 0 Å². The summed E-state index contributed by atoms with van der Waals surface area (Å²) in [6.07, 6.45) is 32.2. The normalized spacial score (nSPS) is 10.6. The van der Waals surface area contributed by atoms with Crippen molar-refractivity contribution in [3.05, 3.63) is 282 Å².